The molecule has 108 valence electrons. The second-order valence-corrected chi connectivity index (χ2v) is 6.23. The van der Waals surface area contributed by atoms with Gasteiger partial charge in [-0.3, -0.25) is 0 Å². The van der Waals surface area contributed by atoms with Crippen LogP contribution in [-0.4, -0.2) is 40.5 Å². The van der Waals surface area contributed by atoms with E-state index in [2.05, 4.69) is 10.2 Å². The molecule has 0 spiro atoms. The lowest BCUT2D eigenvalue weighted by atomic mass is 10.2. The van der Waals surface area contributed by atoms with Gasteiger partial charge >= 0.3 is 0 Å². The van der Waals surface area contributed by atoms with Crippen molar-refractivity contribution in [2.75, 3.05) is 38.2 Å². The normalized spacial score (nSPS) is 11.8. The van der Waals surface area contributed by atoms with Gasteiger partial charge in [0, 0.05) is 6.54 Å². The van der Waals surface area contributed by atoms with Crippen LogP contribution in [0.25, 0.3) is 0 Å². The molecule has 7 heteroatoms. The predicted molar refractivity (Wildman–Crippen MR) is 78.5 cm³/mol. The molecule has 0 aliphatic carbocycles. The van der Waals surface area contributed by atoms with E-state index in [4.69, 9.17) is 10.9 Å². The highest BCUT2D eigenvalue weighted by molar-refractivity contribution is 7.89. The predicted octanol–water partition coefficient (Wildman–Crippen LogP) is 0.670. The number of nitrogens with one attached hydrogen (secondary N) is 1. The standard InChI is InChI=1S/C12H22N4O2S/c1-16(2)9-4-3-8-15-10-6-5-7-11(12(10)13)19(14,17)18/h5-7,15H,3-4,8-9,13H2,1-2H3,(H2,14,17,18). The van der Waals surface area contributed by atoms with E-state index in [0.717, 1.165) is 25.9 Å². The summed E-state index contributed by atoms with van der Waals surface area (Å²) in [4.78, 5) is 2.08. The number of primary sulfonamides is 1. The van der Waals surface area contributed by atoms with E-state index in [1.807, 2.05) is 14.1 Å². The maximum Gasteiger partial charge on any atom is 0.240 e. The first-order valence-electron chi connectivity index (χ1n) is 6.12. The summed E-state index contributed by atoms with van der Waals surface area (Å²) in [6, 6.07) is 4.77. The number of rotatable bonds is 7. The van der Waals surface area contributed by atoms with Crippen LogP contribution in [0.4, 0.5) is 11.4 Å². The third-order valence-corrected chi connectivity index (χ3v) is 3.69. The highest BCUT2D eigenvalue weighted by Crippen LogP contribution is 2.25. The third-order valence-electron chi connectivity index (χ3n) is 2.72. The van der Waals surface area contributed by atoms with Gasteiger partial charge in [0.2, 0.25) is 10.0 Å². The van der Waals surface area contributed by atoms with Crippen LogP contribution in [0.3, 0.4) is 0 Å². The molecule has 0 unspecified atom stereocenters. The van der Waals surface area contributed by atoms with Crippen LogP contribution >= 0.6 is 0 Å². The van der Waals surface area contributed by atoms with Gasteiger partial charge in [0.1, 0.15) is 4.90 Å². The van der Waals surface area contributed by atoms with E-state index >= 15 is 0 Å². The van der Waals surface area contributed by atoms with Gasteiger partial charge < -0.3 is 16.0 Å². The number of nitrogen functional groups attached to an aromatic ring is 1. The molecule has 0 saturated carbocycles. The monoisotopic (exact) mass is 286 g/mol. The van der Waals surface area contributed by atoms with Crippen molar-refractivity contribution in [3.8, 4) is 0 Å². The highest BCUT2D eigenvalue weighted by atomic mass is 32.2. The van der Waals surface area contributed by atoms with Crippen molar-refractivity contribution in [2.24, 2.45) is 5.14 Å². The fraction of sp³-hybridized carbons (Fsp3) is 0.500. The molecular weight excluding hydrogens is 264 g/mol. The quantitative estimate of drug-likeness (QED) is 0.505. The fourth-order valence-corrected chi connectivity index (χ4v) is 2.41. The number of benzene rings is 1. The van der Waals surface area contributed by atoms with Gasteiger partial charge in [-0.1, -0.05) is 6.07 Å². The van der Waals surface area contributed by atoms with Crippen LogP contribution in [0.1, 0.15) is 12.8 Å². The second kappa shape index (κ2) is 6.74. The Morgan fingerprint density at radius 2 is 1.95 bits per heavy atom. The van der Waals surface area contributed by atoms with Crippen LogP contribution < -0.4 is 16.2 Å². The molecule has 1 rings (SSSR count). The molecule has 1 aromatic carbocycles. The summed E-state index contributed by atoms with van der Waals surface area (Å²) in [5.74, 6) is 0. The van der Waals surface area contributed by atoms with E-state index in [1.54, 1.807) is 12.1 Å². The van der Waals surface area contributed by atoms with E-state index < -0.39 is 10.0 Å². The van der Waals surface area contributed by atoms with Crippen molar-refractivity contribution in [3.63, 3.8) is 0 Å². The Labute approximate surface area is 114 Å². The van der Waals surface area contributed by atoms with E-state index in [0.29, 0.717) is 5.69 Å². The summed E-state index contributed by atoms with van der Waals surface area (Å²) in [5, 5.41) is 8.23. The zero-order valence-corrected chi connectivity index (χ0v) is 12.2. The van der Waals surface area contributed by atoms with Gasteiger partial charge in [0.15, 0.2) is 0 Å². The summed E-state index contributed by atoms with van der Waals surface area (Å²) in [5.41, 5.74) is 6.59. The minimum atomic E-state index is -3.77. The minimum absolute atomic E-state index is 0.0363. The maximum absolute atomic E-state index is 11.3. The lowest BCUT2D eigenvalue weighted by Crippen LogP contribution is -2.16. The molecule has 0 aromatic heterocycles. The van der Waals surface area contributed by atoms with Gasteiger partial charge in [-0.25, -0.2) is 13.6 Å². The molecular formula is C12H22N4O2S. The molecule has 0 aliphatic rings. The second-order valence-electron chi connectivity index (χ2n) is 4.70. The molecule has 1 aromatic rings. The maximum atomic E-state index is 11.3. The Kier molecular flexibility index (Phi) is 5.59. The van der Waals surface area contributed by atoms with Crippen molar-refractivity contribution < 1.29 is 8.42 Å². The average Bonchev–Trinajstić information content (AvgIpc) is 2.28. The lowest BCUT2D eigenvalue weighted by molar-refractivity contribution is 0.396. The summed E-state index contributed by atoms with van der Waals surface area (Å²) >= 11 is 0. The smallest absolute Gasteiger partial charge is 0.240 e. The molecule has 0 fully saturated rings. The van der Waals surface area contributed by atoms with E-state index in [-0.39, 0.29) is 10.6 Å². The molecule has 19 heavy (non-hydrogen) atoms. The zero-order valence-electron chi connectivity index (χ0n) is 11.4. The Morgan fingerprint density at radius 3 is 2.53 bits per heavy atom. The summed E-state index contributed by atoms with van der Waals surface area (Å²) in [6.45, 7) is 1.76. The summed E-state index contributed by atoms with van der Waals surface area (Å²) < 4.78 is 22.6. The molecule has 0 aliphatic heterocycles. The topological polar surface area (TPSA) is 101 Å². The van der Waals surface area contributed by atoms with Gasteiger partial charge in [-0.2, -0.15) is 0 Å². The SMILES string of the molecule is CN(C)CCCCNc1cccc(S(N)(=O)=O)c1N. The van der Waals surface area contributed by atoms with Crippen LogP contribution in [0.2, 0.25) is 0 Å². The number of hydrogen-bond donors (Lipinski definition) is 3. The Hall–Kier alpha value is -1.31. The first kappa shape index (κ1) is 15.7. The van der Waals surface area contributed by atoms with Crippen molar-refractivity contribution in [3.05, 3.63) is 18.2 Å². The van der Waals surface area contributed by atoms with Crippen LogP contribution in [0, 0.1) is 0 Å². The average molecular weight is 286 g/mol. The number of hydrogen-bond acceptors (Lipinski definition) is 5. The first-order chi connectivity index (χ1) is 8.82. The van der Waals surface area contributed by atoms with Gasteiger partial charge in [0.05, 0.1) is 11.4 Å². The van der Waals surface area contributed by atoms with E-state index in [1.165, 1.54) is 6.07 Å². The molecule has 5 N–H and O–H groups in total. The van der Waals surface area contributed by atoms with Gasteiger partial charge in [-0.05, 0) is 45.6 Å². The molecule has 0 atom stereocenters. The van der Waals surface area contributed by atoms with Crippen LogP contribution in [0.5, 0.6) is 0 Å². The van der Waals surface area contributed by atoms with Crippen molar-refractivity contribution in [1.82, 2.24) is 4.90 Å². The molecule has 6 nitrogen and oxygen atoms in total. The minimum Gasteiger partial charge on any atom is -0.396 e. The zero-order chi connectivity index (χ0) is 14.5. The van der Waals surface area contributed by atoms with Crippen molar-refractivity contribution >= 4 is 21.4 Å². The Balaban J connectivity index is 2.60. The van der Waals surface area contributed by atoms with Gasteiger partial charge in [0.25, 0.3) is 0 Å². The molecule has 0 radical (unpaired) electrons. The van der Waals surface area contributed by atoms with Gasteiger partial charge in [-0.15, -0.1) is 0 Å². The number of anilines is 2. The molecule has 0 heterocycles. The van der Waals surface area contributed by atoms with Crippen molar-refractivity contribution in [1.29, 1.82) is 0 Å². The number of nitrogens with zero attached hydrogens (tertiary/aromatic N) is 1. The number of nitrogens with two attached hydrogens (primary N) is 2. The summed E-state index contributed by atoms with van der Waals surface area (Å²) in [6.07, 6.45) is 2.05. The van der Waals surface area contributed by atoms with E-state index in [9.17, 15) is 8.42 Å². The largest absolute Gasteiger partial charge is 0.396 e. The fourth-order valence-electron chi connectivity index (χ4n) is 1.72. The Bertz CT molecular complexity index is 514. The molecule has 0 saturated heterocycles. The van der Waals surface area contributed by atoms with Crippen molar-refractivity contribution in [2.45, 2.75) is 17.7 Å². The summed E-state index contributed by atoms with van der Waals surface area (Å²) in [7, 11) is 0.283. The number of para-hydroxylation sites is 1. The third kappa shape index (κ3) is 5.06. The lowest BCUT2D eigenvalue weighted by Gasteiger charge is -2.13. The Morgan fingerprint density at radius 1 is 1.26 bits per heavy atom. The van der Waals surface area contributed by atoms with Crippen LogP contribution in [-0.2, 0) is 10.0 Å². The molecule has 0 amide bonds. The highest BCUT2D eigenvalue weighted by Gasteiger charge is 2.14. The number of sulfonamides is 1. The number of unbranched alkanes of at least 4 members (excludes halogenated alkanes) is 1. The first-order valence-corrected chi connectivity index (χ1v) is 7.67. The molecule has 0 bridgehead atoms. The van der Waals surface area contributed by atoms with Crippen LogP contribution in [0.15, 0.2) is 23.1 Å².